The highest BCUT2D eigenvalue weighted by atomic mass is 16.1. The number of amides is 1. The zero-order chi connectivity index (χ0) is 22.7. The first-order valence-corrected chi connectivity index (χ1v) is 13.4. The fraction of sp³-hybridized carbons (Fsp3) is 0.786. The highest BCUT2D eigenvalue weighted by Crippen LogP contribution is 2.14. The molecular formula is C28H53N2O+. The second kappa shape index (κ2) is 26.7. The van der Waals surface area contributed by atoms with Crippen LogP contribution in [0, 0.1) is 0 Å². The van der Waals surface area contributed by atoms with E-state index in [9.17, 15) is 0 Å². The van der Waals surface area contributed by atoms with Crippen molar-refractivity contribution in [1.82, 2.24) is 0 Å². The summed E-state index contributed by atoms with van der Waals surface area (Å²) >= 11 is 0. The van der Waals surface area contributed by atoms with E-state index in [0.29, 0.717) is 0 Å². The van der Waals surface area contributed by atoms with E-state index in [1.165, 1.54) is 135 Å². The van der Waals surface area contributed by atoms with E-state index in [-0.39, 0.29) is 6.41 Å². The molecule has 31 heavy (non-hydrogen) atoms. The first kappa shape index (κ1) is 29.6. The molecule has 1 heterocycles. The van der Waals surface area contributed by atoms with Crippen LogP contribution in [0.4, 0.5) is 0 Å². The molecule has 1 aromatic heterocycles. The summed E-state index contributed by atoms with van der Waals surface area (Å²) in [5.41, 5.74) is 4.17. The first-order valence-electron chi connectivity index (χ1n) is 13.4. The third kappa shape index (κ3) is 24.8. The Labute approximate surface area is 194 Å². The van der Waals surface area contributed by atoms with Gasteiger partial charge >= 0.3 is 0 Å². The van der Waals surface area contributed by atoms with Crippen molar-refractivity contribution in [3.8, 4) is 0 Å². The molecular weight excluding hydrogens is 380 g/mol. The molecule has 0 aromatic carbocycles. The topological polar surface area (TPSA) is 47.0 Å². The van der Waals surface area contributed by atoms with Gasteiger partial charge in [0, 0.05) is 18.6 Å². The summed E-state index contributed by atoms with van der Waals surface area (Å²) < 4.78 is 2.30. The molecule has 0 aliphatic rings. The minimum Gasteiger partial charge on any atom is -0.372 e. The number of nitrogens with two attached hydrogens (primary N) is 1. The highest BCUT2D eigenvalue weighted by Gasteiger charge is 1.98. The number of primary amides is 1. The molecule has 0 saturated heterocycles. The van der Waals surface area contributed by atoms with Crippen LogP contribution in [0.5, 0.6) is 0 Å². The van der Waals surface area contributed by atoms with Crippen molar-refractivity contribution in [2.45, 2.75) is 142 Å². The van der Waals surface area contributed by atoms with Crippen LogP contribution in [-0.4, -0.2) is 6.41 Å². The molecule has 0 spiro atoms. The molecule has 1 rings (SSSR count). The number of aromatic nitrogens is 1. The van der Waals surface area contributed by atoms with Crippen molar-refractivity contribution in [2.75, 3.05) is 0 Å². The van der Waals surface area contributed by atoms with Crippen LogP contribution >= 0.6 is 0 Å². The van der Waals surface area contributed by atoms with Crippen molar-refractivity contribution in [2.24, 2.45) is 5.73 Å². The van der Waals surface area contributed by atoms with Crippen molar-refractivity contribution < 1.29 is 9.36 Å². The maximum Gasteiger partial charge on any atom is 0.204 e. The lowest BCUT2D eigenvalue weighted by Crippen LogP contribution is -2.32. The average Bonchev–Trinajstić information content (AvgIpc) is 2.79. The van der Waals surface area contributed by atoms with E-state index < -0.39 is 0 Å². The Balaban J connectivity index is 0.00000282. The van der Waals surface area contributed by atoms with Gasteiger partial charge in [-0.25, -0.2) is 4.57 Å². The molecule has 0 fully saturated rings. The molecule has 3 heteroatoms. The van der Waals surface area contributed by atoms with Gasteiger partial charge in [0.05, 0.1) is 0 Å². The van der Waals surface area contributed by atoms with Gasteiger partial charge in [0.15, 0.2) is 12.4 Å². The minimum absolute atomic E-state index is 0.250. The molecule has 1 aromatic rings. The summed E-state index contributed by atoms with van der Waals surface area (Å²) in [5, 5.41) is 0. The lowest BCUT2D eigenvalue weighted by atomic mass is 10.0. The number of nitrogens with zero attached hydrogens (tertiary/aromatic N) is 1. The molecule has 2 N–H and O–H groups in total. The lowest BCUT2D eigenvalue weighted by molar-refractivity contribution is -0.697. The Morgan fingerprint density at radius 3 is 1.16 bits per heavy atom. The van der Waals surface area contributed by atoms with Crippen molar-refractivity contribution in [1.29, 1.82) is 0 Å². The minimum atomic E-state index is 0.250. The third-order valence-electron chi connectivity index (χ3n) is 6.05. The number of aryl methyl sites for hydroxylation is 1. The Morgan fingerprint density at radius 1 is 0.548 bits per heavy atom. The van der Waals surface area contributed by atoms with E-state index in [1.807, 2.05) is 0 Å². The predicted octanol–water partition coefficient (Wildman–Crippen LogP) is 7.90. The fourth-order valence-corrected chi connectivity index (χ4v) is 4.13. The molecule has 0 radical (unpaired) electrons. The number of carbonyl (C=O) groups is 1. The maximum atomic E-state index is 8.58. The summed E-state index contributed by atoms with van der Waals surface area (Å²) in [5.74, 6) is 0. The van der Waals surface area contributed by atoms with Gasteiger partial charge in [0.1, 0.15) is 6.54 Å². The van der Waals surface area contributed by atoms with Crippen molar-refractivity contribution in [3.05, 3.63) is 30.6 Å². The molecule has 0 atom stereocenters. The van der Waals surface area contributed by atoms with E-state index in [1.54, 1.807) is 0 Å². The molecule has 1 amide bonds. The van der Waals surface area contributed by atoms with Gasteiger partial charge < -0.3 is 5.73 Å². The zero-order valence-corrected chi connectivity index (χ0v) is 20.7. The first-order chi connectivity index (χ1) is 15.3. The molecule has 0 unspecified atom stereocenters. The van der Waals surface area contributed by atoms with Gasteiger partial charge in [0.2, 0.25) is 6.41 Å². The Bertz CT molecular complexity index is 450. The average molecular weight is 434 g/mol. The van der Waals surface area contributed by atoms with Crippen LogP contribution in [-0.2, 0) is 11.3 Å². The van der Waals surface area contributed by atoms with Gasteiger partial charge in [0.25, 0.3) is 0 Å². The van der Waals surface area contributed by atoms with E-state index >= 15 is 0 Å². The van der Waals surface area contributed by atoms with Gasteiger partial charge in [-0.3, -0.25) is 4.79 Å². The standard InChI is InChI=1S/C27H50N.CH3NO/c1-2-3-4-5-6-7-8-9-10-11-12-13-14-15-16-17-18-19-20-22-25-28-26-23-21-24-27-28;2-1-3/h21,23-24,26-27H,2-20,22,25H2,1H3;1H,(H2,2,3)/q+1;. The van der Waals surface area contributed by atoms with E-state index in [2.05, 4.69) is 47.8 Å². The number of unbranched alkanes of at least 4 members (excludes halogenated alkanes) is 19. The molecule has 0 saturated carbocycles. The van der Waals surface area contributed by atoms with Gasteiger partial charge in [-0.15, -0.1) is 0 Å². The van der Waals surface area contributed by atoms with Gasteiger partial charge in [-0.2, -0.15) is 0 Å². The van der Waals surface area contributed by atoms with Crippen LogP contribution in [0.15, 0.2) is 30.6 Å². The molecule has 0 aliphatic heterocycles. The SMILES string of the molecule is CCCCCCCCCCCCCCCCCCCCCC[n+]1ccccc1.NC=O. The van der Waals surface area contributed by atoms with Crippen molar-refractivity contribution in [3.63, 3.8) is 0 Å². The summed E-state index contributed by atoms with van der Waals surface area (Å²) in [6, 6.07) is 6.33. The lowest BCUT2D eigenvalue weighted by Gasteiger charge is -2.04. The van der Waals surface area contributed by atoms with Gasteiger partial charge in [-0.05, 0) is 6.42 Å². The summed E-state index contributed by atoms with van der Waals surface area (Å²) in [7, 11) is 0. The smallest absolute Gasteiger partial charge is 0.204 e. The number of carbonyl (C=O) groups excluding carboxylic acids is 1. The third-order valence-corrected chi connectivity index (χ3v) is 6.05. The maximum absolute atomic E-state index is 8.58. The second-order valence-electron chi connectivity index (χ2n) is 8.97. The summed E-state index contributed by atoms with van der Waals surface area (Å²) in [6.07, 6.45) is 33.6. The fourth-order valence-electron chi connectivity index (χ4n) is 4.13. The largest absolute Gasteiger partial charge is 0.372 e. The molecule has 0 aliphatic carbocycles. The summed E-state index contributed by atoms with van der Waals surface area (Å²) in [4.78, 5) is 8.58. The van der Waals surface area contributed by atoms with Crippen LogP contribution in [0.2, 0.25) is 0 Å². The molecule has 0 bridgehead atoms. The Morgan fingerprint density at radius 2 is 0.839 bits per heavy atom. The van der Waals surface area contributed by atoms with Crippen LogP contribution < -0.4 is 10.3 Å². The highest BCUT2D eigenvalue weighted by molar-refractivity contribution is 5.42. The number of rotatable bonds is 21. The van der Waals surface area contributed by atoms with Crippen molar-refractivity contribution >= 4 is 6.41 Å². The van der Waals surface area contributed by atoms with Crippen LogP contribution in [0.1, 0.15) is 135 Å². The molecule has 180 valence electrons. The zero-order valence-electron chi connectivity index (χ0n) is 20.7. The summed E-state index contributed by atoms with van der Waals surface area (Å²) in [6.45, 7) is 3.48. The van der Waals surface area contributed by atoms with Crippen LogP contribution in [0.25, 0.3) is 0 Å². The Hall–Kier alpha value is -1.38. The van der Waals surface area contributed by atoms with E-state index in [0.717, 1.165) is 0 Å². The van der Waals surface area contributed by atoms with Gasteiger partial charge in [-0.1, -0.05) is 129 Å². The predicted molar refractivity (Wildman–Crippen MR) is 135 cm³/mol. The number of hydrogen-bond acceptors (Lipinski definition) is 1. The van der Waals surface area contributed by atoms with Crippen LogP contribution in [0.3, 0.4) is 0 Å². The second-order valence-corrected chi connectivity index (χ2v) is 8.97. The monoisotopic (exact) mass is 433 g/mol. The number of pyridine rings is 1. The molecule has 3 nitrogen and oxygen atoms in total. The number of hydrogen-bond donors (Lipinski definition) is 1. The Kier molecular flexibility index (Phi) is 25.5. The quantitative estimate of drug-likeness (QED) is 0.119. The van der Waals surface area contributed by atoms with E-state index in [4.69, 9.17) is 4.79 Å². The normalized spacial score (nSPS) is 10.5.